The summed E-state index contributed by atoms with van der Waals surface area (Å²) in [6.07, 6.45) is 0.749. The SMILES string of the molecule is CCCN(CCO)C(=O)c1c(C)ccc(C)c1C(=O)O. The number of carboxylic acid groups (broad SMARTS) is 1. The fraction of sp³-hybridized carbons (Fsp3) is 0.467. The lowest BCUT2D eigenvalue weighted by Gasteiger charge is -2.23. The van der Waals surface area contributed by atoms with Crippen molar-refractivity contribution in [1.29, 1.82) is 0 Å². The maximum atomic E-state index is 12.6. The molecule has 0 saturated heterocycles. The zero-order chi connectivity index (χ0) is 15.3. The van der Waals surface area contributed by atoms with Crippen LogP contribution in [0.1, 0.15) is 45.2 Å². The van der Waals surface area contributed by atoms with Gasteiger partial charge >= 0.3 is 5.97 Å². The van der Waals surface area contributed by atoms with E-state index in [4.69, 9.17) is 5.11 Å². The molecule has 0 atom stereocenters. The van der Waals surface area contributed by atoms with Crippen molar-refractivity contribution in [2.75, 3.05) is 19.7 Å². The number of carboxylic acids is 1. The number of aromatic carboxylic acids is 1. The Labute approximate surface area is 118 Å². The average Bonchev–Trinajstić information content (AvgIpc) is 2.39. The second-order valence-electron chi connectivity index (χ2n) is 4.77. The highest BCUT2D eigenvalue weighted by Gasteiger charge is 2.24. The fourth-order valence-electron chi connectivity index (χ4n) is 2.23. The third kappa shape index (κ3) is 3.36. The highest BCUT2D eigenvalue weighted by molar-refractivity contribution is 6.06. The lowest BCUT2D eigenvalue weighted by Crippen LogP contribution is -2.35. The Morgan fingerprint density at radius 3 is 2.10 bits per heavy atom. The number of aryl methyl sites for hydroxylation is 2. The summed E-state index contributed by atoms with van der Waals surface area (Å²) in [5.41, 5.74) is 1.47. The summed E-state index contributed by atoms with van der Waals surface area (Å²) < 4.78 is 0. The molecule has 0 bridgehead atoms. The summed E-state index contributed by atoms with van der Waals surface area (Å²) in [5.74, 6) is -1.44. The van der Waals surface area contributed by atoms with Crippen LogP contribution in [0.15, 0.2) is 12.1 Å². The van der Waals surface area contributed by atoms with Gasteiger partial charge in [-0.2, -0.15) is 0 Å². The standard InChI is InChI=1S/C15H21NO4/c1-4-7-16(8-9-17)14(18)12-10(2)5-6-11(3)13(12)15(19)20/h5-6,17H,4,7-9H2,1-3H3,(H,19,20). The van der Waals surface area contributed by atoms with Crippen LogP contribution in [0, 0.1) is 13.8 Å². The van der Waals surface area contributed by atoms with Crippen molar-refractivity contribution in [3.8, 4) is 0 Å². The van der Waals surface area contributed by atoms with Crippen LogP contribution in [0.5, 0.6) is 0 Å². The quantitative estimate of drug-likeness (QED) is 0.833. The van der Waals surface area contributed by atoms with Gasteiger partial charge in [0.1, 0.15) is 0 Å². The first-order valence-corrected chi connectivity index (χ1v) is 6.67. The molecule has 1 rings (SSSR count). The predicted molar refractivity (Wildman–Crippen MR) is 76.2 cm³/mol. The van der Waals surface area contributed by atoms with E-state index in [1.165, 1.54) is 4.90 Å². The van der Waals surface area contributed by atoms with Crippen molar-refractivity contribution in [2.24, 2.45) is 0 Å². The van der Waals surface area contributed by atoms with E-state index in [1.54, 1.807) is 26.0 Å². The molecule has 1 amide bonds. The van der Waals surface area contributed by atoms with Gasteiger partial charge in [0.05, 0.1) is 17.7 Å². The van der Waals surface area contributed by atoms with Crippen LogP contribution < -0.4 is 0 Å². The molecule has 20 heavy (non-hydrogen) atoms. The number of rotatable bonds is 6. The minimum Gasteiger partial charge on any atom is -0.478 e. The molecule has 0 fully saturated rings. The van der Waals surface area contributed by atoms with Gasteiger partial charge in [0.25, 0.3) is 5.91 Å². The van der Waals surface area contributed by atoms with E-state index < -0.39 is 5.97 Å². The Hall–Kier alpha value is -1.88. The minimum absolute atomic E-state index is 0.0500. The number of hydrogen-bond donors (Lipinski definition) is 2. The Balaban J connectivity index is 3.33. The highest BCUT2D eigenvalue weighted by Crippen LogP contribution is 2.21. The van der Waals surface area contributed by atoms with Crippen molar-refractivity contribution < 1.29 is 19.8 Å². The number of nitrogens with zero attached hydrogens (tertiary/aromatic N) is 1. The number of carbonyl (C=O) groups excluding carboxylic acids is 1. The molecule has 0 spiro atoms. The topological polar surface area (TPSA) is 77.8 Å². The fourth-order valence-corrected chi connectivity index (χ4v) is 2.23. The van der Waals surface area contributed by atoms with Gasteiger partial charge in [-0.15, -0.1) is 0 Å². The molecule has 5 nitrogen and oxygen atoms in total. The summed E-state index contributed by atoms with van der Waals surface area (Å²) in [7, 11) is 0. The molecule has 110 valence electrons. The Kier molecular flexibility index (Phi) is 5.70. The van der Waals surface area contributed by atoms with Gasteiger partial charge in [-0.1, -0.05) is 19.1 Å². The molecule has 1 aromatic carbocycles. The second-order valence-corrected chi connectivity index (χ2v) is 4.77. The Morgan fingerprint density at radius 2 is 1.65 bits per heavy atom. The zero-order valence-electron chi connectivity index (χ0n) is 12.1. The smallest absolute Gasteiger partial charge is 0.336 e. The molecule has 0 aliphatic carbocycles. The van der Waals surface area contributed by atoms with Gasteiger partial charge in [-0.25, -0.2) is 4.79 Å². The Morgan fingerprint density at radius 1 is 1.10 bits per heavy atom. The summed E-state index contributed by atoms with van der Waals surface area (Å²) in [6, 6.07) is 3.45. The van der Waals surface area contributed by atoms with Crippen LogP contribution in [0.2, 0.25) is 0 Å². The van der Waals surface area contributed by atoms with Crippen molar-refractivity contribution >= 4 is 11.9 Å². The molecule has 0 aliphatic heterocycles. The minimum atomic E-state index is -1.10. The van der Waals surface area contributed by atoms with Crippen LogP contribution >= 0.6 is 0 Å². The van der Waals surface area contributed by atoms with E-state index in [0.29, 0.717) is 17.7 Å². The van der Waals surface area contributed by atoms with Crippen molar-refractivity contribution in [3.63, 3.8) is 0 Å². The summed E-state index contributed by atoms with van der Waals surface area (Å²) >= 11 is 0. The first kappa shape index (κ1) is 16.2. The molecular formula is C15H21NO4. The molecule has 0 unspecified atom stereocenters. The van der Waals surface area contributed by atoms with Gasteiger partial charge in [0.15, 0.2) is 0 Å². The first-order valence-electron chi connectivity index (χ1n) is 6.67. The highest BCUT2D eigenvalue weighted by atomic mass is 16.4. The molecule has 0 radical (unpaired) electrons. The largest absolute Gasteiger partial charge is 0.478 e. The third-order valence-electron chi connectivity index (χ3n) is 3.20. The molecule has 0 saturated carbocycles. The summed E-state index contributed by atoms with van der Waals surface area (Å²) in [6.45, 7) is 5.89. The number of aliphatic hydroxyl groups excluding tert-OH is 1. The first-order chi connectivity index (χ1) is 9.43. The van der Waals surface area contributed by atoms with Crippen LogP contribution in [0.25, 0.3) is 0 Å². The normalized spacial score (nSPS) is 10.4. The number of benzene rings is 1. The van der Waals surface area contributed by atoms with E-state index in [9.17, 15) is 14.7 Å². The van der Waals surface area contributed by atoms with Crippen LogP contribution in [0.4, 0.5) is 0 Å². The maximum Gasteiger partial charge on any atom is 0.336 e. The molecule has 0 heterocycles. The van der Waals surface area contributed by atoms with E-state index in [2.05, 4.69) is 0 Å². The number of hydrogen-bond acceptors (Lipinski definition) is 3. The lowest BCUT2D eigenvalue weighted by molar-refractivity contribution is 0.0665. The number of carbonyl (C=O) groups is 2. The van der Waals surface area contributed by atoms with Crippen molar-refractivity contribution in [2.45, 2.75) is 27.2 Å². The van der Waals surface area contributed by atoms with Crippen molar-refractivity contribution in [3.05, 3.63) is 34.4 Å². The van der Waals surface area contributed by atoms with E-state index in [-0.39, 0.29) is 30.2 Å². The summed E-state index contributed by atoms with van der Waals surface area (Å²) in [5, 5.41) is 18.4. The molecule has 5 heteroatoms. The van der Waals surface area contributed by atoms with Gasteiger partial charge in [-0.05, 0) is 31.4 Å². The molecule has 0 aliphatic rings. The zero-order valence-corrected chi connectivity index (χ0v) is 12.1. The van der Waals surface area contributed by atoms with E-state index in [0.717, 1.165) is 6.42 Å². The predicted octanol–water partition coefficient (Wildman–Crippen LogP) is 1.85. The molecule has 2 N–H and O–H groups in total. The van der Waals surface area contributed by atoms with Crippen molar-refractivity contribution in [1.82, 2.24) is 4.90 Å². The van der Waals surface area contributed by atoms with Gasteiger partial charge in [-0.3, -0.25) is 4.79 Å². The second kappa shape index (κ2) is 7.05. The average molecular weight is 279 g/mol. The van der Waals surface area contributed by atoms with Gasteiger partial charge < -0.3 is 15.1 Å². The van der Waals surface area contributed by atoms with E-state index >= 15 is 0 Å². The number of aliphatic hydroxyl groups is 1. The maximum absolute atomic E-state index is 12.6. The van der Waals surface area contributed by atoms with Crippen LogP contribution in [0.3, 0.4) is 0 Å². The molecule has 0 aromatic heterocycles. The van der Waals surface area contributed by atoms with Gasteiger partial charge in [0.2, 0.25) is 0 Å². The molecule has 1 aromatic rings. The van der Waals surface area contributed by atoms with Crippen LogP contribution in [-0.4, -0.2) is 46.7 Å². The lowest BCUT2D eigenvalue weighted by atomic mass is 9.96. The van der Waals surface area contributed by atoms with Gasteiger partial charge in [0, 0.05) is 13.1 Å². The monoisotopic (exact) mass is 279 g/mol. The summed E-state index contributed by atoms with van der Waals surface area (Å²) in [4.78, 5) is 25.5. The van der Waals surface area contributed by atoms with E-state index in [1.807, 2.05) is 6.92 Å². The van der Waals surface area contributed by atoms with Crippen LogP contribution in [-0.2, 0) is 0 Å². The Bertz CT molecular complexity index is 505. The third-order valence-corrected chi connectivity index (χ3v) is 3.20. The molecular weight excluding hydrogens is 258 g/mol. The number of amides is 1.